The van der Waals surface area contributed by atoms with Crippen molar-refractivity contribution in [3.05, 3.63) is 59.7 Å². The zero-order valence-electron chi connectivity index (χ0n) is 16.7. The number of rotatable bonds is 6. The monoisotopic (exact) mass is 476 g/mol. The summed E-state index contributed by atoms with van der Waals surface area (Å²) in [4.78, 5) is 42.3. The molecule has 0 fully saturated rings. The Kier molecular flexibility index (Phi) is 17.9. The molecule has 2 aromatic carbocycles. The molecule has 14 heteroatoms. The van der Waals surface area contributed by atoms with Crippen LogP contribution in [-0.2, 0) is 18.6 Å². The van der Waals surface area contributed by atoms with Crippen molar-refractivity contribution in [3.8, 4) is 11.5 Å². The molecule has 2 unspecified atom stereocenters. The Bertz CT molecular complexity index is 773. The number of ether oxygens (including phenoxy) is 2. The van der Waals surface area contributed by atoms with Crippen LogP contribution in [0.5, 0.6) is 11.5 Å². The summed E-state index contributed by atoms with van der Waals surface area (Å²) in [6.45, 7) is 0. The molecule has 0 bridgehead atoms. The molecule has 0 radical (unpaired) electrons. The molecule has 30 heavy (non-hydrogen) atoms. The zero-order valence-corrected chi connectivity index (χ0v) is 22.7. The van der Waals surface area contributed by atoms with Gasteiger partial charge in [0, 0.05) is 0 Å². The maximum absolute atomic E-state index is 11.0. The van der Waals surface area contributed by atoms with Gasteiger partial charge in [0.05, 0.1) is 25.3 Å². The molecule has 0 heterocycles. The van der Waals surface area contributed by atoms with Crippen LogP contribution in [0.15, 0.2) is 48.5 Å². The first kappa shape index (κ1) is 31.5. The minimum atomic E-state index is -3.24. The third-order valence-electron chi connectivity index (χ3n) is 2.95. The van der Waals surface area contributed by atoms with Crippen molar-refractivity contribution in [2.24, 2.45) is 0 Å². The van der Waals surface area contributed by atoms with E-state index in [2.05, 4.69) is 18.5 Å². The fourth-order valence-corrected chi connectivity index (χ4v) is 2.40. The predicted molar refractivity (Wildman–Crippen MR) is 94.8 cm³/mol. The second kappa shape index (κ2) is 17.0. The molecule has 0 saturated carbocycles. The van der Waals surface area contributed by atoms with Crippen LogP contribution in [0.1, 0.15) is 20.7 Å². The van der Waals surface area contributed by atoms with E-state index in [1.54, 1.807) is 0 Å². The molecular formula is C16H16Na2O10P2. The average Bonchev–Trinajstić information content (AvgIpc) is 2.67. The number of benzene rings is 2. The van der Waals surface area contributed by atoms with Crippen molar-refractivity contribution in [2.75, 3.05) is 14.2 Å². The van der Waals surface area contributed by atoms with Gasteiger partial charge >= 0.3 is 71.1 Å². The summed E-state index contributed by atoms with van der Waals surface area (Å²) in [5.41, 5.74) is 0.677. The Hall–Kier alpha value is -0.640. The molecule has 0 amide bonds. The largest absolute Gasteiger partial charge is 1.00 e. The van der Waals surface area contributed by atoms with Gasteiger partial charge in [0.2, 0.25) is 0 Å². The van der Waals surface area contributed by atoms with Crippen molar-refractivity contribution in [3.63, 3.8) is 0 Å². The molecule has 2 aromatic rings. The van der Waals surface area contributed by atoms with Gasteiger partial charge in [-0.25, -0.2) is 9.59 Å². The first-order valence-electron chi connectivity index (χ1n) is 7.41. The number of methoxy groups -OCH3 is 2. The molecule has 0 N–H and O–H groups in total. The van der Waals surface area contributed by atoms with E-state index in [4.69, 9.17) is 0 Å². The number of esters is 2. The fraction of sp³-hybridized carbons (Fsp3) is 0.125. The minimum Gasteiger partial charge on any atom is -0.771 e. The van der Waals surface area contributed by atoms with E-state index < -0.39 is 28.4 Å². The van der Waals surface area contributed by atoms with Gasteiger partial charge in [0.25, 0.3) is 0 Å². The normalized spacial score (nSPS) is 11.1. The van der Waals surface area contributed by atoms with Crippen LogP contribution in [-0.4, -0.2) is 26.2 Å². The number of carbonyl (C=O) groups excluding carboxylic acids is 2. The molecule has 0 aliphatic heterocycles. The Morgan fingerprint density at radius 1 is 0.667 bits per heavy atom. The molecule has 0 aliphatic carbocycles. The Morgan fingerprint density at radius 3 is 1.13 bits per heavy atom. The zero-order chi connectivity index (χ0) is 21.1. The van der Waals surface area contributed by atoms with Crippen molar-refractivity contribution in [1.82, 2.24) is 0 Å². The summed E-state index contributed by atoms with van der Waals surface area (Å²) in [6.07, 6.45) is 0. The third kappa shape index (κ3) is 12.3. The van der Waals surface area contributed by atoms with Crippen LogP contribution in [0, 0.1) is 0 Å². The van der Waals surface area contributed by atoms with Crippen molar-refractivity contribution < 1.29 is 106 Å². The number of hydrogen-bond donors (Lipinski definition) is 0. The second-order valence-corrected chi connectivity index (χ2v) is 6.14. The summed E-state index contributed by atoms with van der Waals surface area (Å²) in [6, 6.07) is 11.2. The first-order chi connectivity index (χ1) is 13.3. The summed E-state index contributed by atoms with van der Waals surface area (Å²) in [5, 5.41) is 0. The van der Waals surface area contributed by atoms with Gasteiger partial charge < -0.3 is 28.3 Å². The van der Waals surface area contributed by atoms with Crippen LogP contribution in [0.25, 0.3) is 0 Å². The molecular weight excluding hydrogens is 460 g/mol. The molecule has 0 spiro atoms. The summed E-state index contributed by atoms with van der Waals surface area (Å²) < 4.78 is 38.2. The molecule has 2 atom stereocenters. The first-order valence-corrected chi connectivity index (χ1v) is 9.86. The van der Waals surface area contributed by atoms with Crippen LogP contribution in [0.3, 0.4) is 0 Å². The van der Waals surface area contributed by atoms with E-state index in [9.17, 15) is 28.5 Å². The fourth-order valence-electron chi connectivity index (χ4n) is 1.75. The van der Waals surface area contributed by atoms with E-state index in [-0.39, 0.29) is 70.6 Å². The third-order valence-corrected chi connectivity index (χ3v) is 3.76. The van der Waals surface area contributed by atoms with Crippen LogP contribution < -0.4 is 77.9 Å². The van der Waals surface area contributed by atoms with Crippen molar-refractivity contribution in [2.45, 2.75) is 0 Å². The summed E-state index contributed by atoms with van der Waals surface area (Å²) in [5.74, 6) is -0.606. The van der Waals surface area contributed by atoms with Crippen molar-refractivity contribution >= 4 is 28.4 Å². The van der Waals surface area contributed by atoms with E-state index >= 15 is 0 Å². The number of hydrogen-bond acceptors (Lipinski definition) is 10. The average molecular weight is 476 g/mol. The maximum Gasteiger partial charge on any atom is 1.00 e. The molecule has 152 valence electrons. The topological polar surface area (TPSA) is 151 Å². The minimum absolute atomic E-state index is 0. The standard InChI is InChI=1S/2C8H9O5P.2Na/c2*1-12-8(9)6-2-4-7(5-3-6)13-14(10)11;;/h2*2-5,14H,1H3,(H,10,11);;/q;;2*+1/p-2. The predicted octanol–water partition coefficient (Wildman–Crippen LogP) is -4.79. The van der Waals surface area contributed by atoms with Crippen molar-refractivity contribution in [1.29, 1.82) is 0 Å². The van der Waals surface area contributed by atoms with Gasteiger partial charge in [-0.1, -0.05) is 0 Å². The Morgan fingerprint density at radius 2 is 0.933 bits per heavy atom. The van der Waals surface area contributed by atoms with E-state index in [0.717, 1.165) is 0 Å². The van der Waals surface area contributed by atoms with Crippen LogP contribution in [0.4, 0.5) is 0 Å². The molecule has 10 nitrogen and oxygen atoms in total. The van der Waals surface area contributed by atoms with Crippen LogP contribution >= 0.6 is 16.5 Å². The summed E-state index contributed by atoms with van der Waals surface area (Å²) in [7, 11) is -3.95. The smallest absolute Gasteiger partial charge is 0.771 e. The van der Waals surface area contributed by atoms with Gasteiger partial charge in [-0.2, -0.15) is 0 Å². The molecule has 0 saturated heterocycles. The number of carbonyl (C=O) groups is 2. The maximum atomic E-state index is 11.0. The van der Waals surface area contributed by atoms with Gasteiger partial charge in [-0.05, 0) is 48.5 Å². The molecule has 0 aromatic heterocycles. The van der Waals surface area contributed by atoms with Gasteiger partial charge in [0.15, 0.2) is 16.5 Å². The molecule has 2 rings (SSSR count). The molecule has 0 aliphatic rings. The van der Waals surface area contributed by atoms with Gasteiger partial charge in [0.1, 0.15) is 11.5 Å². The summed E-state index contributed by atoms with van der Waals surface area (Å²) >= 11 is 0. The van der Waals surface area contributed by atoms with Gasteiger partial charge in [-0.3, -0.25) is 9.13 Å². The van der Waals surface area contributed by atoms with E-state index in [1.807, 2.05) is 0 Å². The quantitative estimate of drug-likeness (QED) is 0.226. The SMILES string of the molecule is COC(=O)c1ccc(O[PH](=O)[O-])cc1.COC(=O)c1ccc(O[PH](=O)[O-])cc1.[Na+].[Na+]. The van der Waals surface area contributed by atoms with Gasteiger partial charge in [-0.15, -0.1) is 0 Å². The van der Waals surface area contributed by atoms with E-state index in [0.29, 0.717) is 11.1 Å². The van der Waals surface area contributed by atoms with E-state index in [1.165, 1.54) is 62.8 Å². The second-order valence-electron chi connectivity index (χ2n) is 4.74. The van der Waals surface area contributed by atoms with Crippen LogP contribution in [0.2, 0.25) is 0 Å². The Balaban J connectivity index is 0. The Labute approximate surface area is 218 Å².